The first-order valence-corrected chi connectivity index (χ1v) is 8.01. The van der Waals surface area contributed by atoms with E-state index in [0.717, 1.165) is 21.8 Å². The normalized spacial score (nSPS) is 12.0. The summed E-state index contributed by atoms with van der Waals surface area (Å²) in [6.07, 6.45) is 0.593. The van der Waals surface area contributed by atoms with Gasteiger partial charge < -0.3 is 5.73 Å². The Balaban J connectivity index is 1.72. The average molecular weight is 325 g/mol. The maximum atomic E-state index is 10.7. The number of thiazole rings is 1. The third kappa shape index (κ3) is 3.61. The SMILES string of the molecule is NC(Cc1ccc([N+](=O)[O-])cc1)c1csc(-c2ccccc2)n1. The molecule has 0 fully saturated rings. The molecular formula is C17H15N3O2S. The van der Waals surface area contributed by atoms with Crippen molar-refractivity contribution in [2.24, 2.45) is 5.73 Å². The first-order valence-electron chi connectivity index (χ1n) is 7.13. The summed E-state index contributed by atoms with van der Waals surface area (Å²) in [7, 11) is 0. The molecule has 0 saturated carbocycles. The summed E-state index contributed by atoms with van der Waals surface area (Å²) in [5.41, 5.74) is 9.18. The molecule has 5 nitrogen and oxygen atoms in total. The number of hydrogen-bond donors (Lipinski definition) is 1. The van der Waals surface area contributed by atoms with Gasteiger partial charge in [0.25, 0.3) is 5.69 Å². The number of benzene rings is 2. The molecular weight excluding hydrogens is 310 g/mol. The van der Waals surface area contributed by atoms with Crippen molar-refractivity contribution in [3.63, 3.8) is 0 Å². The van der Waals surface area contributed by atoms with Gasteiger partial charge in [-0.3, -0.25) is 10.1 Å². The molecule has 1 aromatic heterocycles. The highest BCUT2D eigenvalue weighted by molar-refractivity contribution is 7.13. The Kier molecular flexibility index (Phi) is 4.45. The van der Waals surface area contributed by atoms with Crippen molar-refractivity contribution in [2.45, 2.75) is 12.5 Å². The highest BCUT2D eigenvalue weighted by Gasteiger charge is 2.13. The quantitative estimate of drug-likeness (QED) is 0.568. The molecule has 2 aromatic carbocycles. The van der Waals surface area contributed by atoms with E-state index in [4.69, 9.17) is 5.73 Å². The Bertz CT molecular complexity index is 800. The number of nitro groups is 1. The van der Waals surface area contributed by atoms with Gasteiger partial charge >= 0.3 is 0 Å². The first-order chi connectivity index (χ1) is 11.1. The minimum Gasteiger partial charge on any atom is -0.322 e. The van der Waals surface area contributed by atoms with Crippen LogP contribution in [-0.2, 0) is 6.42 Å². The Labute approximate surface area is 137 Å². The lowest BCUT2D eigenvalue weighted by Crippen LogP contribution is -2.13. The molecule has 0 bridgehead atoms. The molecule has 0 radical (unpaired) electrons. The van der Waals surface area contributed by atoms with E-state index < -0.39 is 4.92 Å². The molecule has 0 aliphatic heterocycles. The summed E-state index contributed by atoms with van der Waals surface area (Å²) in [5.74, 6) is 0. The van der Waals surface area contributed by atoms with Crippen molar-refractivity contribution in [1.29, 1.82) is 0 Å². The van der Waals surface area contributed by atoms with Crippen LogP contribution in [0, 0.1) is 10.1 Å². The summed E-state index contributed by atoms with van der Waals surface area (Å²) in [6.45, 7) is 0. The zero-order chi connectivity index (χ0) is 16.2. The third-order valence-corrected chi connectivity index (χ3v) is 4.43. The molecule has 1 atom stereocenters. The van der Waals surface area contributed by atoms with Crippen LogP contribution in [-0.4, -0.2) is 9.91 Å². The van der Waals surface area contributed by atoms with E-state index in [-0.39, 0.29) is 11.7 Å². The molecule has 6 heteroatoms. The molecule has 2 N–H and O–H groups in total. The Morgan fingerprint density at radius 1 is 1.13 bits per heavy atom. The number of nitrogens with two attached hydrogens (primary N) is 1. The maximum absolute atomic E-state index is 10.7. The van der Waals surface area contributed by atoms with Crippen LogP contribution < -0.4 is 5.73 Å². The lowest BCUT2D eigenvalue weighted by atomic mass is 10.0. The van der Waals surface area contributed by atoms with E-state index in [0.29, 0.717) is 6.42 Å². The van der Waals surface area contributed by atoms with Crippen molar-refractivity contribution in [1.82, 2.24) is 4.98 Å². The van der Waals surface area contributed by atoms with E-state index in [2.05, 4.69) is 4.98 Å². The number of rotatable bonds is 5. The predicted octanol–water partition coefficient (Wildman–Crippen LogP) is 3.96. The molecule has 1 heterocycles. The van der Waals surface area contributed by atoms with E-state index in [1.54, 1.807) is 23.5 Å². The van der Waals surface area contributed by atoms with Gasteiger partial charge in [-0.05, 0) is 12.0 Å². The topological polar surface area (TPSA) is 82.0 Å². The smallest absolute Gasteiger partial charge is 0.269 e. The Hall–Kier alpha value is -2.57. The first kappa shape index (κ1) is 15.3. The van der Waals surface area contributed by atoms with Gasteiger partial charge in [0.1, 0.15) is 5.01 Å². The van der Waals surface area contributed by atoms with Gasteiger partial charge in [-0.25, -0.2) is 4.98 Å². The number of nitrogens with zero attached hydrogens (tertiary/aromatic N) is 2. The molecule has 0 saturated heterocycles. The fourth-order valence-corrected chi connectivity index (χ4v) is 3.17. The fourth-order valence-electron chi connectivity index (χ4n) is 2.28. The molecule has 1 unspecified atom stereocenters. The van der Waals surface area contributed by atoms with Crippen LogP contribution in [0.3, 0.4) is 0 Å². The van der Waals surface area contributed by atoms with E-state index >= 15 is 0 Å². The van der Waals surface area contributed by atoms with Crippen molar-refractivity contribution < 1.29 is 4.92 Å². The van der Waals surface area contributed by atoms with Gasteiger partial charge in [0.15, 0.2) is 0 Å². The predicted molar refractivity (Wildman–Crippen MR) is 91.3 cm³/mol. The van der Waals surface area contributed by atoms with Gasteiger partial charge in [0.05, 0.1) is 16.7 Å². The molecule has 3 rings (SSSR count). The fraction of sp³-hybridized carbons (Fsp3) is 0.118. The van der Waals surface area contributed by atoms with Crippen LogP contribution in [0.4, 0.5) is 5.69 Å². The van der Waals surface area contributed by atoms with E-state index in [1.165, 1.54) is 12.1 Å². The van der Waals surface area contributed by atoms with E-state index in [1.807, 2.05) is 35.7 Å². The Morgan fingerprint density at radius 2 is 1.83 bits per heavy atom. The summed E-state index contributed by atoms with van der Waals surface area (Å²) >= 11 is 1.57. The zero-order valence-electron chi connectivity index (χ0n) is 12.3. The molecule has 0 spiro atoms. The van der Waals surface area contributed by atoms with Gasteiger partial charge in [-0.1, -0.05) is 42.5 Å². The largest absolute Gasteiger partial charge is 0.322 e. The Morgan fingerprint density at radius 3 is 2.48 bits per heavy atom. The molecule has 0 aliphatic carbocycles. The second-order valence-corrected chi connectivity index (χ2v) is 6.04. The van der Waals surface area contributed by atoms with Crippen LogP contribution >= 0.6 is 11.3 Å². The summed E-state index contributed by atoms with van der Waals surface area (Å²) < 4.78 is 0. The highest BCUT2D eigenvalue weighted by Crippen LogP contribution is 2.26. The van der Waals surface area contributed by atoms with Crippen molar-refractivity contribution >= 4 is 17.0 Å². The van der Waals surface area contributed by atoms with Crippen molar-refractivity contribution in [2.75, 3.05) is 0 Å². The van der Waals surface area contributed by atoms with Crippen LogP contribution in [0.2, 0.25) is 0 Å². The van der Waals surface area contributed by atoms with Gasteiger partial charge in [0.2, 0.25) is 0 Å². The van der Waals surface area contributed by atoms with Gasteiger partial charge in [-0.15, -0.1) is 11.3 Å². The lowest BCUT2D eigenvalue weighted by Gasteiger charge is -2.08. The molecule has 3 aromatic rings. The summed E-state index contributed by atoms with van der Waals surface area (Å²) in [4.78, 5) is 14.9. The highest BCUT2D eigenvalue weighted by atomic mass is 32.1. The monoisotopic (exact) mass is 325 g/mol. The van der Waals surface area contributed by atoms with Crippen molar-refractivity contribution in [3.8, 4) is 10.6 Å². The maximum Gasteiger partial charge on any atom is 0.269 e. The second kappa shape index (κ2) is 6.68. The third-order valence-electron chi connectivity index (χ3n) is 3.53. The molecule has 23 heavy (non-hydrogen) atoms. The molecule has 0 aliphatic rings. The summed E-state index contributed by atoms with van der Waals surface area (Å²) in [6, 6.07) is 16.2. The number of hydrogen-bond acceptors (Lipinski definition) is 5. The van der Waals surface area contributed by atoms with Crippen LogP contribution in [0.5, 0.6) is 0 Å². The number of nitro benzene ring substituents is 1. The lowest BCUT2D eigenvalue weighted by molar-refractivity contribution is -0.384. The van der Waals surface area contributed by atoms with Gasteiger partial charge in [0, 0.05) is 23.1 Å². The minimum atomic E-state index is -0.406. The number of aromatic nitrogens is 1. The second-order valence-electron chi connectivity index (χ2n) is 5.18. The van der Waals surface area contributed by atoms with Gasteiger partial charge in [-0.2, -0.15) is 0 Å². The standard InChI is InChI=1S/C17H15N3O2S/c18-15(10-12-6-8-14(9-7-12)20(21)22)16-11-23-17(19-16)13-4-2-1-3-5-13/h1-9,11,15H,10,18H2. The number of non-ortho nitro benzene ring substituents is 1. The van der Waals surface area contributed by atoms with E-state index in [9.17, 15) is 10.1 Å². The van der Waals surface area contributed by atoms with Crippen LogP contribution in [0.15, 0.2) is 60.0 Å². The average Bonchev–Trinajstić information content (AvgIpc) is 3.06. The molecule has 0 amide bonds. The van der Waals surface area contributed by atoms with Crippen molar-refractivity contribution in [3.05, 3.63) is 81.3 Å². The molecule has 116 valence electrons. The van der Waals surface area contributed by atoms with Crippen LogP contribution in [0.25, 0.3) is 10.6 Å². The zero-order valence-corrected chi connectivity index (χ0v) is 13.1. The minimum absolute atomic E-state index is 0.0855. The van der Waals surface area contributed by atoms with Crippen LogP contribution in [0.1, 0.15) is 17.3 Å². The summed E-state index contributed by atoms with van der Waals surface area (Å²) in [5, 5.41) is 13.6.